The van der Waals surface area contributed by atoms with Gasteiger partial charge in [-0.1, -0.05) is 55.1 Å². The highest BCUT2D eigenvalue weighted by Gasteiger charge is 2.41. The maximum absolute atomic E-state index is 6.20. The molecule has 1 aliphatic heterocycles. The maximum atomic E-state index is 6.20. The third-order valence-electron chi connectivity index (χ3n) is 6.10. The fourth-order valence-corrected chi connectivity index (χ4v) is 4.84. The van der Waals surface area contributed by atoms with E-state index in [2.05, 4.69) is 41.0 Å². The van der Waals surface area contributed by atoms with Crippen LogP contribution in [0.2, 0.25) is 0 Å². The van der Waals surface area contributed by atoms with Crippen molar-refractivity contribution in [1.29, 1.82) is 0 Å². The van der Waals surface area contributed by atoms with Crippen molar-refractivity contribution in [2.75, 3.05) is 30.9 Å². The van der Waals surface area contributed by atoms with Gasteiger partial charge in [0.05, 0.1) is 23.5 Å². The molecule has 1 spiro atoms. The maximum Gasteiger partial charge on any atom is 0.127 e. The highest BCUT2D eigenvalue weighted by Crippen LogP contribution is 2.41. The van der Waals surface area contributed by atoms with Crippen molar-refractivity contribution in [3.63, 3.8) is 0 Å². The van der Waals surface area contributed by atoms with Crippen LogP contribution in [0.25, 0.3) is 0 Å². The van der Waals surface area contributed by atoms with Gasteiger partial charge in [0, 0.05) is 24.6 Å². The van der Waals surface area contributed by atoms with E-state index in [0.717, 1.165) is 48.8 Å². The number of allylic oxidation sites excluding steroid dienone is 3. The van der Waals surface area contributed by atoms with Gasteiger partial charge in [0.1, 0.15) is 5.84 Å². The Morgan fingerprint density at radius 1 is 1.25 bits per heavy atom. The summed E-state index contributed by atoms with van der Waals surface area (Å²) in [6.45, 7) is 1.48. The molecule has 2 aliphatic carbocycles. The number of halogens is 1. The molecular weight excluding hydrogens is 370 g/mol. The summed E-state index contributed by atoms with van der Waals surface area (Å²) < 4.78 is 5.31. The van der Waals surface area contributed by atoms with Crippen molar-refractivity contribution in [3.8, 4) is 0 Å². The van der Waals surface area contributed by atoms with Gasteiger partial charge in [-0.05, 0) is 43.4 Å². The van der Waals surface area contributed by atoms with Crippen LogP contribution in [-0.2, 0) is 11.2 Å². The number of aliphatic imine (C=N–C) groups is 1. The van der Waals surface area contributed by atoms with Crippen molar-refractivity contribution in [2.45, 2.75) is 50.5 Å². The number of nitrogens with zero attached hydrogens (tertiary/aromatic N) is 1. The van der Waals surface area contributed by atoms with Crippen molar-refractivity contribution >= 4 is 28.8 Å². The molecule has 1 unspecified atom stereocenters. The van der Waals surface area contributed by atoms with E-state index in [9.17, 15) is 0 Å². The van der Waals surface area contributed by atoms with E-state index in [4.69, 9.17) is 21.3 Å². The Labute approximate surface area is 173 Å². The first kappa shape index (κ1) is 19.5. The molecule has 5 heteroatoms. The summed E-state index contributed by atoms with van der Waals surface area (Å²) in [5, 5.41) is 8.46. The van der Waals surface area contributed by atoms with Gasteiger partial charge < -0.3 is 15.4 Å². The zero-order valence-electron chi connectivity index (χ0n) is 16.6. The van der Waals surface area contributed by atoms with Crippen molar-refractivity contribution in [3.05, 3.63) is 47.0 Å². The van der Waals surface area contributed by atoms with Crippen LogP contribution in [0.1, 0.15) is 44.1 Å². The number of anilines is 2. The smallest absolute Gasteiger partial charge is 0.127 e. The van der Waals surface area contributed by atoms with Crippen LogP contribution in [0.15, 0.2) is 46.5 Å². The quantitative estimate of drug-likeness (QED) is 0.685. The molecule has 4 nitrogen and oxygen atoms in total. The van der Waals surface area contributed by atoms with Crippen LogP contribution in [-0.4, -0.2) is 31.6 Å². The second kappa shape index (κ2) is 8.71. The molecule has 4 rings (SSSR count). The second-order valence-corrected chi connectivity index (χ2v) is 8.55. The molecule has 1 heterocycles. The monoisotopic (exact) mass is 399 g/mol. The molecule has 1 aromatic rings. The number of rotatable bonds is 5. The lowest BCUT2D eigenvalue weighted by molar-refractivity contribution is 0.202. The lowest BCUT2D eigenvalue weighted by Gasteiger charge is -2.44. The minimum atomic E-state index is -0.0663. The van der Waals surface area contributed by atoms with E-state index in [0.29, 0.717) is 12.5 Å². The van der Waals surface area contributed by atoms with Crippen LogP contribution in [0.4, 0.5) is 11.4 Å². The molecule has 0 radical (unpaired) electrons. The topological polar surface area (TPSA) is 45.6 Å². The number of ether oxygens (including phenoxy) is 1. The minimum absolute atomic E-state index is 0.0663. The van der Waals surface area contributed by atoms with E-state index in [-0.39, 0.29) is 5.54 Å². The Morgan fingerprint density at radius 3 is 2.89 bits per heavy atom. The molecule has 3 aliphatic rings. The van der Waals surface area contributed by atoms with Crippen LogP contribution >= 0.6 is 11.6 Å². The predicted molar refractivity (Wildman–Crippen MR) is 119 cm³/mol. The van der Waals surface area contributed by atoms with Gasteiger partial charge >= 0.3 is 0 Å². The highest BCUT2D eigenvalue weighted by molar-refractivity contribution is 6.31. The number of benzene rings is 1. The summed E-state index contributed by atoms with van der Waals surface area (Å²) in [6, 6.07) is 6.50. The molecule has 1 fully saturated rings. The largest absolute Gasteiger partial charge is 0.384 e. The van der Waals surface area contributed by atoms with Crippen LogP contribution in [0.5, 0.6) is 0 Å². The summed E-state index contributed by atoms with van der Waals surface area (Å²) in [6.07, 6.45) is 14.2. The van der Waals surface area contributed by atoms with Gasteiger partial charge in [-0.2, -0.15) is 0 Å². The molecule has 0 bridgehead atoms. The average molecular weight is 400 g/mol. The molecule has 0 saturated heterocycles. The van der Waals surface area contributed by atoms with Crippen molar-refractivity contribution in [1.82, 2.24) is 0 Å². The van der Waals surface area contributed by atoms with E-state index in [1.54, 1.807) is 7.11 Å². The third kappa shape index (κ3) is 4.13. The lowest BCUT2D eigenvalue weighted by Crippen LogP contribution is -2.54. The zero-order valence-corrected chi connectivity index (χ0v) is 17.4. The second-order valence-electron chi connectivity index (χ2n) is 8.11. The first-order valence-electron chi connectivity index (χ1n) is 10.4. The van der Waals surface area contributed by atoms with E-state index >= 15 is 0 Å². The standard InChI is InChI=1S/C23H30ClN3O/c1-28-14-11-18-8-6-10-20-21(18)26-22(23(27-20)12-3-2-4-13-23)25-16-17-7-5-9-19(24)15-17/h5-6,8-10,15,17,27H,2-4,7,11-14,16H2,1H3,(H,25,26). The first-order valence-corrected chi connectivity index (χ1v) is 10.8. The van der Waals surface area contributed by atoms with Gasteiger partial charge in [0.25, 0.3) is 0 Å². The number of nitrogens with one attached hydrogen (secondary N) is 2. The summed E-state index contributed by atoms with van der Waals surface area (Å²) in [5.74, 6) is 1.47. The van der Waals surface area contributed by atoms with Crippen LogP contribution in [0.3, 0.4) is 0 Å². The number of fused-ring (bicyclic) bond motifs is 1. The molecule has 1 aromatic carbocycles. The van der Waals surface area contributed by atoms with Gasteiger partial charge in [-0.15, -0.1) is 0 Å². The minimum Gasteiger partial charge on any atom is -0.384 e. The van der Waals surface area contributed by atoms with Gasteiger partial charge in [-0.3, -0.25) is 4.99 Å². The Morgan fingerprint density at radius 2 is 2.11 bits per heavy atom. The lowest BCUT2D eigenvalue weighted by atomic mass is 9.78. The average Bonchev–Trinajstić information content (AvgIpc) is 2.71. The van der Waals surface area contributed by atoms with Gasteiger partial charge in [0.2, 0.25) is 0 Å². The van der Waals surface area contributed by atoms with Crippen LogP contribution < -0.4 is 10.6 Å². The molecule has 2 N–H and O–H groups in total. The normalized spacial score (nSPS) is 24.4. The molecule has 0 amide bonds. The van der Waals surface area contributed by atoms with E-state index < -0.39 is 0 Å². The number of methoxy groups -OCH3 is 1. The Bertz CT molecular complexity index is 793. The third-order valence-corrected chi connectivity index (χ3v) is 6.35. The van der Waals surface area contributed by atoms with E-state index in [1.165, 1.54) is 30.5 Å². The molecule has 150 valence electrons. The van der Waals surface area contributed by atoms with E-state index in [1.807, 2.05) is 6.08 Å². The predicted octanol–water partition coefficient (Wildman–Crippen LogP) is 5.51. The highest BCUT2D eigenvalue weighted by atomic mass is 35.5. The first-order chi connectivity index (χ1) is 13.7. The number of para-hydroxylation sites is 1. The number of amidine groups is 1. The summed E-state index contributed by atoms with van der Waals surface area (Å²) in [7, 11) is 1.75. The SMILES string of the molecule is COCCc1cccc2c1NC(=NCC1C=C(Cl)C=CC1)C1(CCCCC1)N2. The van der Waals surface area contributed by atoms with Crippen molar-refractivity contribution < 1.29 is 4.74 Å². The zero-order chi connectivity index (χ0) is 19.4. The Hall–Kier alpha value is -1.78. The van der Waals surface area contributed by atoms with Crippen LogP contribution in [0, 0.1) is 5.92 Å². The number of hydrogen-bond acceptors (Lipinski definition) is 3. The molecule has 1 saturated carbocycles. The molecule has 1 atom stereocenters. The summed E-state index contributed by atoms with van der Waals surface area (Å²) >= 11 is 6.20. The molecular formula is C23H30ClN3O. The van der Waals surface area contributed by atoms with Gasteiger partial charge in [-0.25, -0.2) is 0 Å². The summed E-state index contributed by atoms with van der Waals surface area (Å²) in [5.41, 5.74) is 3.56. The molecule has 28 heavy (non-hydrogen) atoms. The summed E-state index contributed by atoms with van der Waals surface area (Å²) in [4.78, 5) is 5.11. The Balaban J connectivity index is 1.63. The fourth-order valence-electron chi connectivity index (χ4n) is 4.58. The van der Waals surface area contributed by atoms with Gasteiger partial charge in [0.15, 0.2) is 0 Å². The fraction of sp³-hybridized carbons (Fsp3) is 0.522. The molecule has 0 aromatic heterocycles. The Kier molecular flexibility index (Phi) is 6.07. The van der Waals surface area contributed by atoms with Crippen molar-refractivity contribution in [2.24, 2.45) is 10.9 Å². The number of hydrogen-bond donors (Lipinski definition) is 2.